The number of rotatable bonds is 5. The lowest BCUT2D eigenvalue weighted by Crippen LogP contribution is -2.54. The summed E-state index contributed by atoms with van der Waals surface area (Å²) in [5, 5.41) is 22.1. The van der Waals surface area contributed by atoms with E-state index in [9.17, 15) is 19.2 Å². The van der Waals surface area contributed by atoms with E-state index in [0.717, 1.165) is 30.7 Å². The molecule has 0 saturated heterocycles. The van der Waals surface area contributed by atoms with Gasteiger partial charge in [0.2, 0.25) is 17.6 Å². The molecule has 3 aromatic rings. The molecule has 4 N–H and O–H groups in total. The summed E-state index contributed by atoms with van der Waals surface area (Å²) >= 11 is 1.31. The molecule has 2 aromatic heterocycles. The molecule has 13 heteroatoms. The van der Waals surface area contributed by atoms with E-state index in [1.807, 2.05) is 37.3 Å². The van der Waals surface area contributed by atoms with E-state index in [1.165, 1.54) is 11.3 Å². The van der Waals surface area contributed by atoms with Gasteiger partial charge in [-0.3, -0.25) is 19.2 Å². The fourth-order valence-corrected chi connectivity index (χ4v) is 6.08. The van der Waals surface area contributed by atoms with Crippen molar-refractivity contribution in [2.24, 2.45) is 0 Å². The topological polar surface area (TPSA) is 160 Å². The first kappa shape index (κ1) is 29.4. The molecular weight excluding hydrogens is 556 g/mol. The average Bonchev–Trinajstić information content (AvgIpc) is 3.67. The second kappa shape index (κ2) is 13.7. The van der Waals surface area contributed by atoms with Crippen molar-refractivity contribution < 1.29 is 19.2 Å². The molecule has 3 atom stereocenters. The van der Waals surface area contributed by atoms with Crippen molar-refractivity contribution in [2.75, 3.05) is 6.54 Å². The molecule has 5 rings (SSSR count). The van der Waals surface area contributed by atoms with Gasteiger partial charge in [-0.1, -0.05) is 37.3 Å². The number of hydrogen-bond donors (Lipinski definition) is 4. The van der Waals surface area contributed by atoms with E-state index < -0.39 is 29.9 Å². The first-order valence-corrected chi connectivity index (χ1v) is 15.4. The van der Waals surface area contributed by atoms with E-state index in [4.69, 9.17) is 0 Å². The molecule has 0 saturated carbocycles. The van der Waals surface area contributed by atoms with Crippen molar-refractivity contribution in [1.82, 2.24) is 41.0 Å². The Balaban J connectivity index is 1.36. The van der Waals surface area contributed by atoms with Gasteiger partial charge in [-0.05, 0) is 50.5 Å². The third-order valence-corrected chi connectivity index (χ3v) is 8.54. The van der Waals surface area contributed by atoms with E-state index in [-0.39, 0.29) is 17.6 Å². The van der Waals surface area contributed by atoms with E-state index >= 15 is 0 Å². The molecular formula is C29H36N8O4S. The van der Waals surface area contributed by atoms with Gasteiger partial charge in [0, 0.05) is 24.9 Å². The molecule has 2 bridgehead atoms. The van der Waals surface area contributed by atoms with Crippen LogP contribution in [0.5, 0.6) is 0 Å². The van der Waals surface area contributed by atoms with E-state index in [0.29, 0.717) is 55.9 Å². The summed E-state index contributed by atoms with van der Waals surface area (Å²) in [6.45, 7) is 2.87. The van der Waals surface area contributed by atoms with Gasteiger partial charge in [-0.2, -0.15) is 0 Å². The summed E-state index contributed by atoms with van der Waals surface area (Å²) in [6, 6.07) is 7.47. The number of aryl methyl sites for hydroxylation is 1. The molecule has 2 aliphatic heterocycles. The zero-order valence-corrected chi connectivity index (χ0v) is 24.4. The molecule has 0 unspecified atom stereocenters. The Bertz CT molecular complexity index is 1420. The maximum absolute atomic E-state index is 13.5. The summed E-state index contributed by atoms with van der Waals surface area (Å²) in [5.41, 5.74) is 1.30. The predicted molar refractivity (Wildman–Crippen MR) is 156 cm³/mol. The van der Waals surface area contributed by atoms with Crippen molar-refractivity contribution in [3.05, 3.63) is 63.6 Å². The van der Waals surface area contributed by atoms with Crippen LogP contribution in [-0.2, 0) is 29.0 Å². The highest BCUT2D eigenvalue weighted by molar-refractivity contribution is 7.09. The summed E-state index contributed by atoms with van der Waals surface area (Å²) < 4.78 is 1.81. The second-order valence-electron chi connectivity index (χ2n) is 10.6. The second-order valence-corrected chi connectivity index (χ2v) is 11.5. The number of nitrogens with one attached hydrogen (secondary N) is 4. The minimum Gasteiger partial charge on any atom is -0.351 e. The highest BCUT2D eigenvalue weighted by Gasteiger charge is 2.30. The van der Waals surface area contributed by atoms with Crippen LogP contribution in [0.2, 0.25) is 0 Å². The highest BCUT2D eigenvalue weighted by atomic mass is 32.1. The van der Waals surface area contributed by atoms with E-state index in [2.05, 4.69) is 36.4 Å². The van der Waals surface area contributed by atoms with Crippen LogP contribution in [0.4, 0.5) is 0 Å². The number of carbonyl (C=O) groups is 4. The van der Waals surface area contributed by atoms with Crippen LogP contribution in [0.15, 0.2) is 35.7 Å². The van der Waals surface area contributed by atoms with Crippen LogP contribution in [0.25, 0.3) is 0 Å². The van der Waals surface area contributed by atoms with Crippen molar-refractivity contribution in [2.45, 2.75) is 83.0 Å². The minimum absolute atomic E-state index is 0.187. The molecule has 0 fully saturated rings. The largest absolute Gasteiger partial charge is 0.351 e. The zero-order valence-electron chi connectivity index (χ0n) is 23.6. The van der Waals surface area contributed by atoms with Crippen LogP contribution in [0.1, 0.15) is 89.0 Å². The van der Waals surface area contributed by atoms with Gasteiger partial charge >= 0.3 is 0 Å². The molecule has 0 spiro atoms. The van der Waals surface area contributed by atoms with Crippen LogP contribution >= 0.6 is 11.3 Å². The lowest BCUT2D eigenvalue weighted by molar-refractivity contribution is -0.130. The number of carbonyl (C=O) groups excluding carboxylic acids is 4. The van der Waals surface area contributed by atoms with E-state index in [1.54, 1.807) is 9.95 Å². The van der Waals surface area contributed by atoms with Gasteiger partial charge in [0.15, 0.2) is 0 Å². The Morgan fingerprint density at radius 2 is 1.83 bits per heavy atom. The first-order chi connectivity index (χ1) is 20.4. The number of nitrogens with zero attached hydrogens (tertiary/aromatic N) is 4. The Hall–Kier alpha value is -4.13. The first-order valence-electron chi connectivity index (χ1n) is 14.5. The summed E-state index contributed by atoms with van der Waals surface area (Å²) in [5.74, 6) is -0.623. The standard InChI is InChI=1S/C29H36N8O4S/c1-2-19-26(39)33-21(16-18-10-4-3-5-11-18)29-34-22(17-42-29)25(38)30-14-8-6-12-20(27(40)31-19)32-28(41)24-36-35-23-13-7-9-15-37(23)24/h3-5,10-11,17,19-21H,2,6-9,12-16H2,1H3,(H,30,38)(H,31,40)(H,32,41)(H,33,39)/t19-,20+,21+/m1/s1. The van der Waals surface area contributed by atoms with Gasteiger partial charge in [0.1, 0.15) is 28.6 Å². The fourth-order valence-electron chi connectivity index (χ4n) is 5.23. The van der Waals surface area contributed by atoms with Crippen LogP contribution in [-0.4, -0.2) is 62.0 Å². The van der Waals surface area contributed by atoms with Crippen molar-refractivity contribution in [3.8, 4) is 0 Å². The molecule has 42 heavy (non-hydrogen) atoms. The molecule has 12 nitrogen and oxygen atoms in total. The molecule has 4 heterocycles. The number of fused-ring (bicyclic) bond motifs is 3. The number of benzene rings is 1. The zero-order chi connectivity index (χ0) is 29.5. The molecule has 0 aliphatic carbocycles. The van der Waals surface area contributed by atoms with Crippen LogP contribution in [0.3, 0.4) is 0 Å². The molecule has 0 radical (unpaired) electrons. The smallest absolute Gasteiger partial charge is 0.289 e. The van der Waals surface area contributed by atoms with Gasteiger partial charge in [-0.15, -0.1) is 21.5 Å². The number of aromatic nitrogens is 4. The highest BCUT2D eigenvalue weighted by Crippen LogP contribution is 2.23. The van der Waals surface area contributed by atoms with Gasteiger partial charge in [0.25, 0.3) is 11.8 Å². The van der Waals surface area contributed by atoms with Crippen LogP contribution in [0, 0.1) is 0 Å². The Morgan fingerprint density at radius 3 is 2.64 bits per heavy atom. The lowest BCUT2D eigenvalue weighted by Gasteiger charge is -2.25. The summed E-state index contributed by atoms with van der Waals surface area (Å²) in [4.78, 5) is 57.6. The van der Waals surface area contributed by atoms with Crippen LogP contribution < -0.4 is 21.3 Å². The third kappa shape index (κ3) is 7.01. The van der Waals surface area contributed by atoms with Crippen molar-refractivity contribution in [3.63, 3.8) is 0 Å². The molecule has 1 aromatic carbocycles. The normalized spacial score (nSPS) is 21.9. The average molecular weight is 593 g/mol. The van der Waals surface area contributed by atoms with Crippen molar-refractivity contribution in [1.29, 1.82) is 0 Å². The predicted octanol–water partition coefficient (Wildman–Crippen LogP) is 2.08. The van der Waals surface area contributed by atoms with Crippen molar-refractivity contribution >= 4 is 35.0 Å². The number of amides is 4. The minimum atomic E-state index is -0.890. The molecule has 222 valence electrons. The quantitative estimate of drug-likeness (QED) is 0.353. The maximum atomic E-state index is 13.5. The summed E-state index contributed by atoms with van der Waals surface area (Å²) in [6.07, 6.45) is 4.98. The van der Waals surface area contributed by atoms with Gasteiger partial charge in [-0.25, -0.2) is 4.98 Å². The Labute approximate surface area is 248 Å². The Morgan fingerprint density at radius 1 is 1.02 bits per heavy atom. The monoisotopic (exact) mass is 592 g/mol. The molecule has 2 aliphatic rings. The number of thiazole rings is 1. The maximum Gasteiger partial charge on any atom is 0.289 e. The van der Waals surface area contributed by atoms with Gasteiger partial charge in [0.05, 0.1) is 6.04 Å². The molecule has 4 amide bonds. The SMILES string of the molecule is CC[C@H]1NC(=O)[C@@H](NC(=O)c2nnc3n2CCCC3)CCCCNC(=O)c2csc(n2)[C@H](Cc2ccccc2)NC1=O. The lowest BCUT2D eigenvalue weighted by atomic mass is 10.0. The third-order valence-electron chi connectivity index (χ3n) is 7.58. The van der Waals surface area contributed by atoms with Gasteiger partial charge < -0.3 is 25.8 Å². The fraction of sp³-hybridized carbons (Fsp3) is 0.483. The number of hydrogen-bond acceptors (Lipinski definition) is 8. The Kier molecular flexibility index (Phi) is 9.57. The summed E-state index contributed by atoms with van der Waals surface area (Å²) in [7, 11) is 0.